The van der Waals surface area contributed by atoms with E-state index in [0.29, 0.717) is 26.2 Å². The van der Waals surface area contributed by atoms with Crippen LogP contribution >= 0.6 is 0 Å². The van der Waals surface area contributed by atoms with Gasteiger partial charge in [-0.2, -0.15) is 0 Å². The molecule has 2 N–H and O–H groups in total. The van der Waals surface area contributed by atoms with E-state index in [1.807, 2.05) is 24.3 Å². The fourth-order valence-corrected chi connectivity index (χ4v) is 5.57. The Morgan fingerprint density at radius 3 is 2.41 bits per heavy atom. The number of hydrogen-bond donors (Lipinski definition) is 2. The van der Waals surface area contributed by atoms with Crippen molar-refractivity contribution in [3.05, 3.63) is 59.7 Å². The summed E-state index contributed by atoms with van der Waals surface area (Å²) in [6.07, 6.45) is -0.0671. The summed E-state index contributed by atoms with van der Waals surface area (Å²) in [7, 11) is 0. The first kappa shape index (κ1) is 22.4. The first-order chi connectivity index (χ1) is 16.5. The maximum atomic E-state index is 12.7. The zero-order chi connectivity index (χ0) is 23.7. The second-order valence-electron chi connectivity index (χ2n) is 9.26. The van der Waals surface area contributed by atoms with Gasteiger partial charge in [0.1, 0.15) is 6.61 Å². The van der Waals surface area contributed by atoms with Gasteiger partial charge >= 0.3 is 12.1 Å². The molecule has 2 saturated heterocycles. The summed E-state index contributed by atoms with van der Waals surface area (Å²) in [4.78, 5) is 38.5. The number of alkyl carbamates (subject to hydrolysis) is 1. The Bertz CT molecular complexity index is 1070. The van der Waals surface area contributed by atoms with Crippen LogP contribution in [0.4, 0.5) is 4.79 Å². The monoisotopic (exact) mass is 464 g/mol. The number of carbonyl (C=O) groups is 3. The van der Waals surface area contributed by atoms with E-state index < -0.39 is 17.5 Å². The molecule has 5 rings (SSSR count). The molecule has 3 aliphatic rings. The molecule has 0 bridgehead atoms. The SMILES string of the molecule is O=C(NCCC(=O)N1C[C@H]2COCC[C@@]2(C(=O)O)C1)OCC1c2ccccc2-c2ccccc21. The van der Waals surface area contributed by atoms with Gasteiger partial charge in [-0.25, -0.2) is 4.79 Å². The number of amides is 2. The van der Waals surface area contributed by atoms with Crippen LogP contribution in [0.25, 0.3) is 11.1 Å². The number of carboxylic acids is 1. The first-order valence-electron chi connectivity index (χ1n) is 11.7. The predicted molar refractivity (Wildman–Crippen MR) is 123 cm³/mol. The highest BCUT2D eigenvalue weighted by Crippen LogP contribution is 2.45. The number of aliphatic carboxylic acids is 1. The third-order valence-corrected chi connectivity index (χ3v) is 7.44. The lowest BCUT2D eigenvalue weighted by Crippen LogP contribution is -2.45. The zero-order valence-electron chi connectivity index (χ0n) is 18.9. The molecule has 178 valence electrons. The van der Waals surface area contributed by atoms with E-state index >= 15 is 0 Å². The van der Waals surface area contributed by atoms with Crippen LogP contribution in [0.3, 0.4) is 0 Å². The summed E-state index contributed by atoms with van der Waals surface area (Å²) in [5.41, 5.74) is 3.67. The average molecular weight is 465 g/mol. The van der Waals surface area contributed by atoms with Crippen LogP contribution in [-0.4, -0.2) is 67.4 Å². The first-order valence-corrected chi connectivity index (χ1v) is 11.7. The predicted octanol–water partition coefficient (Wildman–Crippen LogP) is 2.86. The smallest absolute Gasteiger partial charge is 0.407 e. The van der Waals surface area contributed by atoms with Gasteiger partial charge in [0.05, 0.1) is 12.0 Å². The minimum Gasteiger partial charge on any atom is -0.481 e. The molecule has 0 radical (unpaired) electrons. The maximum absolute atomic E-state index is 12.7. The molecular formula is C26H28N2O6. The molecule has 2 fully saturated rings. The molecular weight excluding hydrogens is 436 g/mol. The molecule has 8 nitrogen and oxygen atoms in total. The Morgan fingerprint density at radius 2 is 1.76 bits per heavy atom. The van der Waals surface area contributed by atoms with Crippen LogP contribution in [-0.2, 0) is 19.1 Å². The summed E-state index contributed by atoms with van der Waals surface area (Å²) in [6.45, 7) is 1.66. The number of likely N-dealkylation sites (tertiary alicyclic amines) is 1. The Labute approximate surface area is 197 Å². The number of nitrogens with zero attached hydrogens (tertiary/aromatic N) is 1. The topological polar surface area (TPSA) is 105 Å². The molecule has 0 spiro atoms. The van der Waals surface area contributed by atoms with Crippen molar-refractivity contribution in [3.8, 4) is 11.1 Å². The maximum Gasteiger partial charge on any atom is 0.407 e. The Kier molecular flexibility index (Phi) is 6.00. The number of nitrogens with one attached hydrogen (secondary N) is 1. The van der Waals surface area contributed by atoms with E-state index in [4.69, 9.17) is 9.47 Å². The van der Waals surface area contributed by atoms with Crippen molar-refractivity contribution in [1.29, 1.82) is 0 Å². The number of fused-ring (bicyclic) bond motifs is 4. The number of carbonyl (C=O) groups excluding carboxylic acids is 2. The molecule has 8 heteroatoms. The normalized spacial score (nSPS) is 23.1. The van der Waals surface area contributed by atoms with E-state index in [2.05, 4.69) is 29.6 Å². The van der Waals surface area contributed by atoms with Gasteiger partial charge in [0, 0.05) is 44.5 Å². The highest BCUT2D eigenvalue weighted by Gasteiger charge is 2.54. The van der Waals surface area contributed by atoms with E-state index in [1.165, 1.54) is 0 Å². The molecule has 2 aromatic rings. The highest BCUT2D eigenvalue weighted by atomic mass is 16.5. The van der Waals surface area contributed by atoms with E-state index in [-0.39, 0.29) is 43.9 Å². The van der Waals surface area contributed by atoms with Gasteiger partial charge in [-0.05, 0) is 28.7 Å². The van der Waals surface area contributed by atoms with E-state index in [9.17, 15) is 19.5 Å². The van der Waals surface area contributed by atoms with Crippen molar-refractivity contribution in [2.24, 2.45) is 11.3 Å². The van der Waals surface area contributed by atoms with Crippen LogP contribution in [0.2, 0.25) is 0 Å². The number of benzene rings is 2. The van der Waals surface area contributed by atoms with Gasteiger partial charge in [-0.1, -0.05) is 48.5 Å². The number of hydrogen-bond acceptors (Lipinski definition) is 5. The lowest BCUT2D eigenvalue weighted by molar-refractivity contribution is -0.157. The second-order valence-corrected chi connectivity index (χ2v) is 9.26. The van der Waals surface area contributed by atoms with Crippen LogP contribution in [0, 0.1) is 11.3 Å². The average Bonchev–Trinajstić information content (AvgIpc) is 3.40. The fraction of sp³-hybridized carbons (Fsp3) is 0.423. The Morgan fingerprint density at radius 1 is 1.09 bits per heavy atom. The van der Waals surface area contributed by atoms with Gasteiger partial charge in [0.2, 0.25) is 5.91 Å². The Balaban J connectivity index is 1.12. The van der Waals surface area contributed by atoms with Gasteiger partial charge in [0.25, 0.3) is 0 Å². The number of rotatable bonds is 6. The summed E-state index contributed by atoms with van der Waals surface area (Å²) in [5, 5.41) is 12.4. The molecule has 0 saturated carbocycles. The van der Waals surface area contributed by atoms with E-state index in [0.717, 1.165) is 22.3 Å². The van der Waals surface area contributed by atoms with Crippen molar-refractivity contribution in [1.82, 2.24) is 10.2 Å². The lowest BCUT2D eigenvalue weighted by atomic mass is 9.74. The molecule has 0 unspecified atom stereocenters. The fourth-order valence-electron chi connectivity index (χ4n) is 5.57. The van der Waals surface area contributed by atoms with Crippen molar-refractivity contribution in [2.45, 2.75) is 18.8 Å². The molecule has 34 heavy (non-hydrogen) atoms. The van der Waals surface area contributed by atoms with Crippen LogP contribution in [0.1, 0.15) is 29.9 Å². The minimum atomic E-state index is -0.922. The van der Waals surface area contributed by atoms with Gasteiger partial charge in [0.15, 0.2) is 0 Å². The summed E-state index contributed by atoms with van der Waals surface area (Å²) >= 11 is 0. The van der Waals surface area contributed by atoms with Crippen molar-refractivity contribution in [2.75, 3.05) is 39.5 Å². The second kappa shape index (κ2) is 9.10. The van der Waals surface area contributed by atoms with Crippen molar-refractivity contribution < 1.29 is 29.0 Å². The molecule has 2 aliphatic heterocycles. The highest BCUT2D eigenvalue weighted by molar-refractivity contribution is 5.82. The third-order valence-electron chi connectivity index (χ3n) is 7.44. The molecule has 0 aromatic heterocycles. The van der Waals surface area contributed by atoms with Crippen LogP contribution in [0.5, 0.6) is 0 Å². The largest absolute Gasteiger partial charge is 0.481 e. The summed E-state index contributed by atoms with van der Waals surface area (Å²) < 4.78 is 10.9. The summed E-state index contributed by atoms with van der Waals surface area (Å²) in [5.74, 6) is -1.26. The minimum absolute atomic E-state index is 0.0258. The van der Waals surface area contributed by atoms with Crippen molar-refractivity contribution in [3.63, 3.8) is 0 Å². The van der Waals surface area contributed by atoms with Gasteiger partial charge in [-0.3, -0.25) is 9.59 Å². The Hall–Kier alpha value is -3.39. The standard InChI is InChI=1S/C26H28N2O6/c29-23(28-13-17-14-33-12-10-26(17,16-28)24(30)31)9-11-27-25(32)34-15-22-20-7-3-1-5-18(20)19-6-2-4-8-21(19)22/h1-8,17,22H,9-16H2,(H,27,32)(H,30,31)/t17-,26+/m0/s1. The van der Waals surface area contributed by atoms with Crippen LogP contribution in [0.15, 0.2) is 48.5 Å². The lowest BCUT2D eigenvalue weighted by Gasteiger charge is -2.33. The summed E-state index contributed by atoms with van der Waals surface area (Å²) in [6, 6.07) is 16.2. The molecule has 1 aliphatic carbocycles. The van der Waals surface area contributed by atoms with E-state index in [1.54, 1.807) is 4.90 Å². The molecule has 2 heterocycles. The van der Waals surface area contributed by atoms with Crippen LogP contribution < -0.4 is 5.32 Å². The van der Waals surface area contributed by atoms with Crippen molar-refractivity contribution >= 4 is 18.0 Å². The number of ether oxygens (including phenoxy) is 2. The molecule has 2 aromatic carbocycles. The third kappa shape index (κ3) is 3.92. The number of carboxylic acid groups (broad SMARTS) is 1. The van der Waals surface area contributed by atoms with Gasteiger partial charge < -0.3 is 24.8 Å². The molecule has 2 atom stereocenters. The zero-order valence-corrected chi connectivity index (χ0v) is 18.9. The molecule has 2 amide bonds. The quantitative estimate of drug-likeness (QED) is 0.681. The van der Waals surface area contributed by atoms with Gasteiger partial charge in [-0.15, -0.1) is 0 Å².